The number of benzene rings is 1. The van der Waals surface area contributed by atoms with Crippen molar-refractivity contribution in [2.24, 2.45) is 18.4 Å². The van der Waals surface area contributed by atoms with Crippen LogP contribution in [-0.2, 0) is 32.6 Å². The molecule has 5 rings (SSSR count). The van der Waals surface area contributed by atoms with Crippen LogP contribution in [0.1, 0.15) is 49.1 Å². The lowest BCUT2D eigenvalue weighted by Crippen LogP contribution is -2.58. The summed E-state index contributed by atoms with van der Waals surface area (Å²) < 4.78 is 7.37. The van der Waals surface area contributed by atoms with E-state index in [-0.39, 0.29) is 36.2 Å². The minimum atomic E-state index is -0.668. The van der Waals surface area contributed by atoms with Gasteiger partial charge in [-0.1, -0.05) is 42.5 Å². The van der Waals surface area contributed by atoms with Crippen LogP contribution in [0, 0.1) is 25.2 Å². The molecule has 226 valence electrons. The number of nitrogens with zero attached hydrogens (tertiary/aromatic N) is 3. The average Bonchev–Trinajstić information content (AvgIpc) is 3.22. The van der Waals surface area contributed by atoms with Gasteiger partial charge in [0.1, 0.15) is 6.04 Å². The minimum absolute atomic E-state index is 0.0454. The minimum Gasteiger partial charge on any atom is -0.381 e. The molecule has 3 N–H and O–H groups in total. The van der Waals surface area contributed by atoms with Gasteiger partial charge in [-0.15, -0.1) is 0 Å². The summed E-state index contributed by atoms with van der Waals surface area (Å²) in [6, 6.07) is 9.12. The lowest BCUT2D eigenvalue weighted by molar-refractivity contribution is -0.140. The number of ether oxygens (including phenoxy) is 1. The van der Waals surface area contributed by atoms with E-state index in [1.165, 1.54) is 0 Å². The van der Waals surface area contributed by atoms with Gasteiger partial charge in [0, 0.05) is 45.8 Å². The highest BCUT2D eigenvalue weighted by molar-refractivity contribution is 5.93. The Morgan fingerprint density at radius 3 is 2.60 bits per heavy atom. The molecule has 0 saturated carbocycles. The molecule has 2 fully saturated rings. The number of aromatic nitrogens is 2. The van der Waals surface area contributed by atoms with Crippen molar-refractivity contribution in [1.82, 2.24) is 25.3 Å². The Bertz CT molecular complexity index is 1300. The van der Waals surface area contributed by atoms with Crippen LogP contribution in [-0.4, -0.2) is 77.3 Å². The maximum atomic E-state index is 13.8. The molecule has 0 radical (unpaired) electrons. The second kappa shape index (κ2) is 13.2. The van der Waals surface area contributed by atoms with Gasteiger partial charge in [-0.05, 0) is 57.4 Å². The molecule has 1 spiro atoms. The van der Waals surface area contributed by atoms with Gasteiger partial charge in [0.2, 0.25) is 17.7 Å². The summed E-state index contributed by atoms with van der Waals surface area (Å²) >= 11 is 0. The molecule has 1 aromatic carbocycles. The van der Waals surface area contributed by atoms with Crippen molar-refractivity contribution in [1.29, 1.82) is 0 Å². The van der Waals surface area contributed by atoms with Crippen molar-refractivity contribution in [2.45, 2.75) is 64.5 Å². The van der Waals surface area contributed by atoms with E-state index in [2.05, 4.69) is 38.1 Å². The number of hydrogen-bond donors (Lipinski definition) is 3. The molecule has 3 amide bonds. The van der Waals surface area contributed by atoms with Crippen LogP contribution in [0.15, 0.2) is 42.5 Å². The van der Waals surface area contributed by atoms with E-state index in [1.807, 2.05) is 51.2 Å². The van der Waals surface area contributed by atoms with Crippen LogP contribution < -0.4 is 16.0 Å². The fraction of sp³-hybridized carbons (Fsp3) is 0.562. The number of aryl methyl sites for hydroxylation is 2. The van der Waals surface area contributed by atoms with Crippen molar-refractivity contribution >= 4 is 23.4 Å². The number of nitrogens with one attached hydrogen (secondary N) is 3. The summed E-state index contributed by atoms with van der Waals surface area (Å²) in [6.07, 6.45) is 8.10. The number of allylic oxidation sites excluding steroid dienone is 2. The summed E-state index contributed by atoms with van der Waals surface area (Å²) in [5, 5.41) is 13.9. The SMILES string of the molecule is Cc1nn(C)c(C)c1NC(=O)CN1CC[C@H]2NC(=O)[C@@H](Cc3ccccc3)NC(=O)C3(CC=CC[C@H]2C1)CCOCC3. The fourth-order valence-corrected chi connectivity index (χ4v) is 6.54. The molecule has 10 nitrogen and oxygen atoms in total. The third-order valence-electron chi connectivity index (χ3n) is 9.24. The Kier molecular flexibility index (Phi) is 9.43. The second-order valence-electron chi connectivity index (χ2n) is 12.1. The normalized spacial score (nSPS) is 25.1. The van der Waals surface area contributed by atoms with Crippen LogP contribution in [0.4, 0.5) is 5.69 Å². The van der Waals surface area contributed by atoms with Gasteiger partial charge in [-0.3, -0.25) is 24.0 Å². The highest BCUT2D eigenvalue weighted by atomic mass is 16.5. The van der Waals surface area contributed by atoms with Gasteiger partial charge in [-0.25, -0.2) is 0 Å². The van der Waals surface area contributed by atoms with E-state index in [1.54, 1.807) is 4.68 Å². The zero-order valence-corrected chi connectivity index (χ0v) is 25.0. The van der Waals surface area contributed by atoms with Crippen LogP contribution in [0.3, 0.4) is 0 Å². The number of rotatable bonds is 5. The Balaban J connectivity index is 1.32. The van der Waals surface area contributed by atoms with Gasteiger partial charge in [0.15, 0.2) is 0 Å². The molecule has 3 atom stereocenters. The quantitative estimate of drug-likeness (QED) is 0.471. The fourth-order valence-electron chi connectivity index (χ4n) is 6.54. The molecule has 10 heteroatoms. The topological polar surface area (TPSA) is 118 Å². The van der Waals surface area contributed by atoms with Crippen LogP contribution >= 0.6 is 0 Å². The lowest BCUT2D eigenvalue weighted by Gasteiger charge is -2.40. The molecule has 3 aliphatic rings. The number of hydrogen-bond acceptors (Lipinski definition) is 6. The maximum absolute atomic E-state index is 13.8. The first-order chi connectivity index (χ1) is 20.2. The van der Waals surface area contributed by atoms with E-state index in [0.29, 0.717) is 52.0 Å². The predicted octanol–water partition coefficient (Wildman–Crippen LogP) is 2.66. The highest BCUT2D eigenvalue weighted by Gasteiger charge is 2.41. The molecule has 0 unspecified atom stereocenters. The largest absolute Gasteiger partial charge is 0.381 e. The summed E-state index contributed by atoms with van der Waals surface area (Å²) in [6.45, 7) is 6.59. The predicted molar refractivity (Wildman–Crippen MR) is 161 cm³/mol. The number of carbonyl (C=O) groups is 3. The van der Waals surface area contributed by atoms with Crippen molar-refractivity contribution in [3.63, 3.8) is 0 Å². The number of likely N-dealkylation sites (tertiary alicyclic amines) is 1. The van der Waals surface area contributed by atoms with Crippen LogP contribution in [0.5, 0.6) is 0 Å². The maximum Gasteiger partial charge on any atom is 0.243 e. The Hall–Kier alpha value is -3.50. The van der Waals surface area contributed by atoms with Crippen molar-refractivity contribution in [3.05, 3.63) is 59.4 Å². The zero-order valence-electron chi connectivity index (χ0n) is 25.0. The first-order valence-corrected chi connectivity index (χ1v) is 15.1. The van der Waals surface area contributed by atoms with Crippen LogP contribution in [0.25, 0.3) is 0 Å². The first-order valence-electron chi connectivity index (χ1n) is 15.1. The number of carbonyl (C=O) groups excluding carboxylic acids is 3. The van der Waals surface area contributed by atoms with E-state index in [9.17, 15) is 14.4 Å². The summed E-state index contributed by atoms with van der Waals surface area (Å²) in [4.78, 5) is 42.7. The van der Waals surface area contributed by atoms with Gasteiger partial charge >= 0.3 is 0 Å². The third kappa shape index (κ3) is 6.93. The highest BCUT2D eigenvalue weighted by Crippen LogP contribution is 2.36. The van der Waals surface area contributed by atoms with E-state index in [0.717, 1.165) is 35.5 Å². The molecule has 1 aromatic heterocycles. The van der Waals surface area contributed by atoms with Gasteiger partial charge < -0.3 is 20.7 Å². The molecule has 4 heterocycles. The molecule has 0 bridgehead atoms. The Morgan fingerprint density at radius 1 is 1.12 bits per heavy atom. The van der Waals surface area contributed by atoms with E-state index in [4.69, 9.17) is 4.74 Å². The first kappa shape index (κ1) is 30.0. The number of fused-ring (bicyclic) bond motifs is 1. The summed E-state index contributed by atoms with van der Waals surface area (Å²) in [5.41, 5.74) is 2.91. The standard InChI is InChI=1S/C32H44N6O4/c1-22-29(23(2)37(3)36-22)35-28(39)21-38-16-12-26-25(20-38)11-7-8-13-32(14-17-42-18-15-32)31(41)34-27(30(40)33-26)19-24-9-5-4-6-10-24/h4-10,25-27H,11-21H2,1-3H3,(H,33,40)(H,34,41)(H,35,39)/t25-,26+,27+/m0/s1. The number of piperidine rings is 1. The molecular weight excluding hydrogens is 532 g/mol. The number of anilines is 1. The smallest absolute Gasteiger partial charge is 0.243 e. The summed E-state index contributed by atoms with van der Waals surface area (Å²) in [5.74, 6) is -0.134. The van der Waals surface area contributed by atoms with Crippen LogP contribution in [0.2, 0.25) is 0 Å². The molecule has 2 aromatic rings. The third-order valence-corrected chi connectivity index (χ3v) is 9.24. The molecule has 2 saturated heterocycles. The Labute approximate surface area is 248 Å². The molecule has 0 aliphatic carbocycles. The van der Waals surface area contributed by atoms with E-state index >= 15 is 0 Å². The monoisotopic (exact) mass is 576 g/mol. The Morgan fingerprint density at radius 2 is 1.88 bits per heavy atom. The zero-order chi connectivity index (χ0) is 29.7. The van der Waals surface area contributed by atoms with Crippen molar-refractivity contribution in [2.75, 3.05) is 38.2 Å². The number of amides is 3. The molecular formula is C32H44N6O4. The molecule has 3 aliphatic heterocycles. The average molecular weight is 577 g/mol. The van der Waals surface area contributed by atoms with Crippen molar-refractivity contribution < 1.29 is 19.1 Å². The van der Waals surface area contributed by atoms with Gasteiger partial charge in [0.25, 0.3) is 0 Å². The molecule has 42 heavy (non-hydrogen) atoms. The van der Waals surface area contributed by atoms with Gasteiger partial charge in [0.05, 0.1) is 29.0 Å². The van der Waals surface area contributed by atoms with Gasteiger partial charge in [-0.2, -0.15) is 5.10 Å². The lowest BCUT2D eigenvalue weighted by atomic mass is 9.75. The second-order valence-corrected chi connectivity index (χ2v) is 12.1. The van der Waals surface area contributed by atoms with Crippen molar-refractivity contribution in [3.8, 4) is 0 Å². The summed E-state index contributed by atoms with van der Waals surface area (Å²) in [7, 11) is 1.87. The van der Waals surface area contributed by atoms with E-state index < -0.39 is 11.5 Å².